The number of benzene rings is 2. The van der Waals surface area contributed by atoms with Crippen LogP contribution < -0.4 is 4.90 Å². The van der Waals surface area contributed by atoms with Gasteiger partial charge in [-0.1, -0.05) is 18.2 Å². The van der Waals surface area contributed by atoms with Gasteiger partial charge in [-0.3, -0.25) is 0 Å². The van der Waals surface area contributed by atoms with Gasteiger partial charge in [-0.15, -0.1) is 0 Å². The van der Waals surface area contributed by atoms with Crippen molar-refractivity contribution in [2.75, 3.05) is 18.0 Å². The molecule has 0 saturated heterocycles. The highest BCUT2D eigenvalue weighted by Gasteiger charge is 2.26. The summed E-state index contributed by atoms with van der Waals surface area (Å²) < 4.78 is 15.5. The first-order valence-corrected chi connectivity index (χ1v) is 7.96. The summed E-state index contributed by atoms with van der Waals surface area (Å²) in [6, 6.07) is 13.7. The fourth-order valence-corrected chi connectivity index (χ4v) is 3.15. The highest BCUT2D eigenvalue weighted by Crippen LogP contribution is 2.36. The number of fused-ring (bicyclic) bond motifs is 1. The smallest absolute Gasteiger partial charge is 0.355 e. The van der Waals surface area contributed by atoms with Crippen molar-refractivity contribution in [1.29, 1.82) is 0 Å². The van der Waals surface area contributed by atoms with Crippen molar-refractivity contribution in [3.63, 3.8) is 0 Å². The molecule has 2 aromatic carbocycles. The predicted octanol–water partition coefficient (Wildman–Crippen LogP) is 4.31. The second-order valence-corrected chi connectivity index (χ2v) is 5.51. The summed E-state index contributed by atoms with van der Waals surface area (Å²) in [5.74, 6) is -1.41. The van der Waals surface area contributed by atoms with Gasteiger partial charge in [-0.05, 0) is 44.2 Å². The van der Waals surface area contributed by atoms with E-state index in [-0.39, 0.29) is 11.5 Å². The molecule has 0 radical (unpaired) electrons. The largest absolute Gasteiger partial charge is 0.476 e. The fraction of sp³-hybridized carbons (Fsp3) is 0.211. The van der Waals surface area contributed by atoms with Crippen LogP contribution >= 0.6 is 0 Å². The van der Waals surface area contributed by atoms with Gasteiger partial charge in [0.1, 0.15) is 5.82 Å². The summed E-state index contributed by atoms with van der Waals surface area (Å²) in [7, 11) is 0. The zero-order chi connectivity index (χ0) is 17.3. The molecule has 0 atom stereocenters. The monoisotopic (exact) mass is 326 g/mol. The van der Waals surface area contributed by atoms with Gasteiger partial charge < -0.3 is 14.6 Å². The van der Waals surface area contributed by atoms with E-state index in [1.165, 1.54) is 12.1 Å². The number of hydrogen-bond donors (Lipinski definition) is 1. The van der Waals surface area contributed by atoms with Crippen LogP contribution in [0, 0.1) is 5.82 Å². The Hall–Kier alpha value is -2.82. The molecule has 1 N–H and O–H groups in total. The summed E-state index contributed by atoms with van der Waals surface area (Å²) >= 11 is 0. The molecule has 3 aromatic rings. The number of anilines is 1. The van der Waals surface area contributed by atoms with Crippen LogP contribution in [0.4, 0.5) is 10.1 Å². The molecule has 0 bridgehead atoms. The van der Waals surface area contributed by atoms with E-state index in [1.807, 2.05) is 49.1 Å². The first-order chi connectivity index (χ1) is 11.6. The van der Waals surface area contributed by atoms with E-state index in [4.69, 9.17) is 0 Å². The van der Waals surface area contributed by atoms with Gasteiger partial charge in [0.05, 0.1) is 11.2 Å². The molecule has 0 fully saturated rings. The Balaban J connectivity index is 2.47. The van der Waals surface area contributed by atoms with E-state index >= 15 is 0 Å². The number of carboxylic acids is 1. The average Bonchev–Trinajstić information content (AvgIpc) is 2.91. The Morgan fingerprint density at radius 2 is 1.79 bits per heavy atom. The van der Waals surface area contributed by atoms with E-state index in [2.05, 4.69) is 0 Å². The Kier molecular flexibility index (Phi) is 4.25. The number of carboxylic acid groups (broad SMARTS) is 1. The van der Waals surface area contributed by atoms with Gasteiger partial charge in [0.15, 0.2) is 5.69 Å². The Labute approximate surface area is 139 Å². The second-order valence-electron chi connectivity index (χ2n) is 5.51. The van der Waals surface area contributed by atoms with E-state index in [0.717, 1.165) is 5.69 Å². The van der Waals surface area contributed by atoms with Crippen LogP contribution in [0.2, 0.25) is 0 Å². The molecular formula is C19H19FN2O2. The number of carbonyl (C=O) groups is 1. The van der Waals surface area contributed by atoms with Crippen molar-refractivity contribution in [2.24, 2.45) is 0 Å². The van der Waals surface area contributed by atoms with Gasteiger partial charge >= 0.3 is 5.97 Å². The van der Waals surface area contributed by atoms with E-state index in [9.17, 15) is 14.3 Å². The lowest BCUT2D eigenvalue weighted by Gasteiger charge is -2.21. The van der Waals surface area contributed by atoms with Gasteiger partial charge in [0.25, 0.3) is 0 Å². The van der Waals surface area contributed by atoms with Crippen molar-refractivity contribution in [1.82, 2.24) is 4.57 Å². The molecule has 24 heavy (non-hydrogen) atoms. The number of aromatic carboxylic acids is 1. The molecule has 124 valence electrons. The SMILES string of the molecule is CCN(CC)c1c(C(=O)O)n(-c2ccccc2)c2ccc(F)cc12. The number of nitrogens with zero attached hydrogens (tertiary/aromatic N) is 2. The molecule has 1 heterocycles. The lowest BCUT2D eigenvalue weighted by Crippen LogP contribution is -2.24. The maximum absolute atomic E-state index is 13.9. The minimum absolute atomic E-state index is 0.158. The van der Waals surface area contributed by atoms with Gasteiger partial charge in [-0.25, -0.2) is 9.18 Å². The lowest BCUT2D eigenvalue weighted by molar-refractivity contribution is 0.0689. The minimum atomic E-state index is -1.03. The second kappa shape index (κ2) is 6.35. The topological polar surface area (TPSA) is 45.5 Å². The highest BCUT2D eigenvalue weighted by molar-refractivity contribution is 6.07. The summed E-state index contributed by atoms with van der Waals surface area (Å²) in [5.41, 5.74) is 2.14. The number of hydrogen-bond acceptors (Lipinski definition) is 2. The predicted molar refractivity (Wildman–Crippen MR) is 93.8 cm³/mol. The molecule has 0 amide bonds. The zero-order valence-electron chi connectivity index (χ0n) is 13.7. The van der Waals surface area contributed by atoms with Crippen LogP contribution in [0.5, 0.6) is 0 Å². The standard InChI is InChI=1S/C19H19FN2O2/c1-3-21(4-2)17-15-12-13(20)10-11-16(15)22(18(17)19(23)24)14-8-6-5-7-9-14/h5-12H,3-4H2,1-2H3,(H,23,24). The molecule has 3 rings (SSSR count). The Morgan fingerprint density at radius 3 is 2.38 bits per heavy atom. The molecule has 0 unspecified atom stereocenters. The van der Waals surface area contributed by atoms with Crippen LogP contribution in [0.15, 0.2) is 48.5 Å². The Morgan fingerprint density at radius 1 is 1.12 bits per heavy atom. The maximum atomic E-state index is 13.9. The number of halogens is 1. The molecule has 0 aliphatic carbocycles. The molecule has 0 spiro atoms. The minimum Gasteiger partial charge on any atom is -0.476 e. The van der Waals surface area contributed by atoms with E-state index in [0.29, 0.717) is 29.7 Å². The van der Waals surface area contributed by atoms with Crippen molar-refractivity contribution >= 4 is 22.6 Å². The molecular weight excluding hydrogens is 307 g/mol. The van der Waals surface area contributed by atoms with Crippen molar-refractivity contribution < 1.29 is 14.3 Å². The zero-order valence-corrected chi connectivity index (χ0v) is 13.7. The first kappa shape index (κ1) is 16.1. The van der Waals surface area contributed by atoms with Crippen LogP contribution in [0.1, 0.15) is 24.3 Å². The Bertz CT molecular complexity index is 883. The normalized spacial score (nSPS) is 11.0. The third-order valence-electron chi connectivity index (χ3n) is 4.20. The quantitative estimate of drug-likeness (QED) is 0.760. The van der Waals surface area contributed by atoms with Crippen LogP contribution in [-0.2, 0) is 0 Å². The van der Waals surface area contributed by atoms with Gasteiger partial charge in [0, 0.05) is 24.2 Å². The van der Waals surface area contributed by atoms with Gasteiger partial charge in [0.2, 0.25) is 0 Å². The van der Waals surface area contributed by atoms with E-state index < -0.39 is 5.97 Å². The summed E-state index contributed by atoms with van der Waals surface area (Å²) in [4.78, 5) is 14.0. The molecule has 0 aliphatic heterocycles. The van der Waals surface area contributed by atoms with Crippen molar-refractivity contribution in [2.45, 2.75) is 13.8 Å². The number of aromatic nitrogens is 1. The molecule has 5 heteroatoms. The summed E-state index contributed by atoms with van der Waals surface area (Å²) in [6.07, 6.45) is 0. The highest BCUT2D eigenvalue weighted by atomic mass is 19.1. The summed E-state index contributed by atoms with van der Waals surface area (Å²) in [6.45, 7) is 5.20. The van der Waals surface area contributed by atoms with Crippen LogP contribution in [0.25, 0.3) is 16.6 Å². The number of rotatable bonds is 5. The maximum Gasteiger partial charge on any atom is 0.355 e. The molecule has 1 aromatic heterocycles. The first-order valence-electron chi connectivity index (χ1n) is 7.96. The fourth-order valence-electron chi connectivity index (χ4n) is 3.15. The molecule has 0 aliphatic rings. The third kappa shape index (κ3) is 2.52. The lowest BCUT2D eigenvalue weighted by atomic mass is 10.2. The van der Waals surface area contributed by atoms with Crippen molar-refractivity contribution in [3.05, 3.63) is 60.0 Å². The summed E-state index contributed by atoms with van der Waals surface area (Å²) in [5, 5.41) is 10.5. The van der Waals surface area contributed by atoms with Crippen molar-refractivity contribution in [3.8, 4) is 5.69 Å². The average molecular weight is 326 g/mol. The molecule has 0 saturated carbocycles. The van der Waals surface area contributed by atoms with Crippen LogP contribution in [0.3, 0.4) is 0 Å². The third-order valence-corrected chi connectivity index (χ3v) is 4.20. The number of para-hydroxylation sites is 1. The van der Waals surface area contributed by atoms with E-state index in [1.54, 1.807) is 10.6 Å². The molecule has 4 nitrogen and oxygen atoms in total. The van der Waals surface area contributed by atoms with Gasteiger partial charge in [-0.2, -0.15) is 0 Å². The van der Waals surface area contributed by atoms with Crippen LogP contribution in [-0.4, -0.2) is 28.7 Å².